The second-order valence-electron chi connectivity index (χ2n) is 8.00. The molecular formula is C18H30N4O3S2. The minimum Gasteiger partial charge on any atom is -0.480 e. The smallest absolute Gasteiger partial charge is 0.327 e. The minimum atomic E-state index is -0.933. The van der Waals surface area contributed by atoms with E-state index in [-0.39, 0.29) is 11.3 Å². The number of fused-ring (bicyclic) bond motifs is 1. The molecular weight excluding hydrogens is 384 g/mol. The average molecular weight is 415 g/mol. The number of thioether (sulfide) groups is 2. The molecule has 3 heterocycles. The number of carboxylic acids is 1. The summed E-state index contributed by atoms with van der Waals surface area (Å²) in [4.78, 5) is 32.2. The molecule has 27 heavy (non-hydrogen) atoms. The normalized spacial score (nSPS) is 30.6. The van der Waals surface area contributed by atoms with Crippen LogP contribution in [0.3, 0.4) is 0 Å². The van der Waals surface area contributed by atoms with Gasteiger partial charge in [-0.05, 0) is 57.1 Å². The van der Waals surface area contributed by atoms with Crippen LogP contribution in [-0.4, -0.2) is 86.5 Å². The molecule has 0 aliphatic carbocycles. The standard InChI is InChI=1S/C18H30N4O3S2/c1-18(2)14(17(24)25)22-15(23)13(16(22)27-18)20-11-21-7-4-12(5-8-21)10-26-9-3-6-19/h11-14,16H,3-10,19H2,1-2H3,(H,24,25)/t13-,14+,16-/m1/s1. The Morgan fingerprint density at radius 3 is 2.78 bits per heavy atom. The van der Waals surface area contributed by atoms with Crippen LogP contribution in [0.15, 0.2) is 4.99 Å². The third kappa shape index (κ3) is 4.40. The second-order valence-corrected chi connectivity index (χ2v) is 10.9. The number of piperidine rings is 1. The zero-order valence-electron chi connectivity index (χ0n) is 16.0. The van der Waals surface area contributed by atoms with Crippen molar-refractivity contribution in [2.75, 3.05) is 31.1 Å². The SMILES string of the molecule is CC1(C)S[C@@H]2[C@H](N=CN3CCC(CSCCCN)CC3)C(=O)N2[C@H]1C(=O)O. The van der Waals surface area contributed by atoms with Gasteiger partial charge < -0.3 is 20.6 Å². The molecule has 9 heteroatoms. The van der Waals surface area contributed by atoms with E-state index in [2.05, 4.69) is 9.89 Å². The van der Waals surface area contributed by atoms with Crippen LogP contribution in [0.4, 0.5) is 0 Å². The van der Waals surface area contributed by atoms with Gasteiger partial charge in [0.25, 0.3) is 5.91 Å². The molecule has 3 fully saturated rings. The molecule has 0 saturated carbocycles. The molecule has 3 atom stereocenters. The molecule has 1 amide bonds. The van der Waals surface area contributed by atoms with Gasteiger partial charge in [-0.15, -0.1) is 11.8 Å². The lowest BCUT2D eigenvalue weighted by Gasteiger charge is -2.41. The van der Waals surface area contributed by atoms with Crippen LogP contribution in [0.5, 0.6) is 0 Å². The number of β-lactam (4-membered cyclic amide) rings is 1. The number of hydrogen-bond donors (Lipinski definition) is 2. The highest BCUT2D eigenvalue weighted by Crippen LogP contribution is 2.51. The zero-order valence-corrected chi connectivity index (χ0v) is 17.7. The minimum absolute atomic E-state index is 0.152. The van der Waals surface area contributed by atoms with E-state index in [1.807, 2.05) is 31.9 Å². The van der Waals surface area contributed by atoms with Gasteiger partial charge >= 0.3 is 5.97 Å². The third-order valence-corrected chi connectivity index (χ3v) is 8.37. The second kappa shape index (κ2) is 8.61. The largest absolute Gasteiger partial charge is 0.480 e. The van der Waals surface area contributed by atoms with E-state index in [9.17, 15) is 14.7 Å². The topological polar surface area (TPSA) is 99.2 Å². The van der Waals surface area contributed by atoms with E-state index in [0.717, 1.165) is 50.6 Å². The number of hydrogen-bond acceptors (Lipinski definition) is 6. The summed E-state index contributed by atoms with van der Waals surface area (Å²) in [6.45, 7) is 6.48. The summed E-state index contributed by atoms with van der Waals surface area (Å²) < 4.78 is -0.490. The van der Waals surface area contributed by atoms with E-state index in [1.165, 1.54) is 10.7 Å². The Kier molecular flexibility index (Phi) is 6.63. The van der Waals surface area contributed by atoms with Gasteiger partial charge in [-0.25, -0.2) is 4.79 Å². The summed E-state index contributed by atoms with van der Waals surface area (Å²) in [6.07, 6.45) is 5.21. The van der Waals surface area contributed by atoms with Crippen molar-refractivity contribution >= 4 is 41.7 Å². The molecule has 3 aliphatic rings. The van der Waals surface area contributed by atoms with E-state index < -0.39 is 22.8 Å². The zero-order chi connectivity index (χ0) is 19.6. The molecule has 0 aromatic heterocycles. The van der Waals surface area contributed by atoms with Gasteiger partial charge in [0, 0.05) is 17.8 Å². The van der Waals surface area contributed by atoms with Crippen molar-refractivity contribution in [3.8, 4) is 0 Å². The van der Waals surface area contributed by atoms with E-state index >= 15 is 0 Å². The van der Waals surface area contributed by atoms with Crippen LogP contribution in [0.1, 0.15) is 33.1 Å². The molecule has 3 saturated heterocycles. The van der Waals surface area contributed by atoms with Crippen molar-refractivity contribution in [3.63, 3.8) is 0 Å². The quantitative estimate of drug-likeness (QED) is 0.267. The van der Waals surface area contributed by atoms with Gasteiger partial charge in [0.05, 0.1) is 6.34 Å². The lowest BCUT2D eigenvalue weighted by molar-refractivity contribution is -0.158. The fourth-order valence-corrected chi connectivity index (χ4v) is 6.79. The molecule has 3 aliphatic heterocycles. The first-order valence-corrected chi connectivity index (χ1v) is 11.7. The number of rotatable bonds is 8. The first-order chi connectivity index (χ1) is 12.8. The Morgan fingerprint density at radius 1 is 1.44 bits per heavy atom. The summed E-state index contributed by atoms with van der Waals surface area (Å²) in [5.74, 6) is 2.00. The number of carboxylic acid groups (broad SMARTS) is 1. The molecule has 0 aromatic rings. The molecule has 3 N–H and O–H groups in total. The van der Waals surface area contributed by atoms with Gasteiger partial charge in [-0.3, -0.25) is 9.79 Å². The lowest BCUT2D eigenvalue weighted by Crippen LogP contribution is -2.65. The number of aliphatic imine (C=N–C) groups is 1. The molecule has 3 rings (SSSR count). The van der Waals surface area contributed by atoms with Gasteiger partial charge in [-0.2, -0.15) is 11.8 Å². The molecule has 152 valence electrons. The number of nitrogens with zero attached hydrogens (tertiary/aromatic N) is 3. The Bertz CT molecular complexity index is 593. The summed E-state index contributed by atoms with van der Waals surface area (Å²) >= 11 is 3.54. The molecule has 0 bridgehead atoms. The summed E-state index contributed by atoms with van der Waals surface area (Å²) in [7, 11) is 0. The Labute approximate surface area is 169 Å². The van der Waals surface area contributed by atoms with E-state index in [4.69, 9.17) is 5.73 Å². The van der Waals surface area contributed by atoms with Gasteiger partial charge in [-0.1, -0.05) is 0 Å². The van der Waals surface area contributed by atoms with Crippen LogP contribution in [0.2, 0.25) is 0 Å². The average Bonchev–Trinajstić information content (AvgIpc) is 2.88. The predicted molar refractivity (Wildman–Crippen MR) is 111 cm³/mol. The molecule has 0 radical (unpaired) electrons. The molecule has 0 unspecified atom stereocenters. The van der Waals surface area contributed by atoms with Crippen molar-refractivity contribution in [1.29, 1.82) is 0 Å². The van der Waals surface area contributed by atoms with E-state index in [0.29, 0.717) is 0 Å². The first kappa shape index (κ1) is 20.8. The summed E-state index contributed by atoms with van der Waals surface area (Å²) in [5, 5.41) is 9.31. The number of nitrogens with two attached hydrogens (primary N) is 1. The first-order valence-electron chi connectivity index (χ1n) is 9.63. The number of amides is 1. The number of likely N-dealkylation sites (tertiary alicyclic amines) is 1. The molecule has 0 aromatic carbocycles. The van der Waals surface area contributed by atoms with Crippen LogP contribution >= 0.6 is 23.5 Å². The predicted octanol–water partition coefficient (Wildman–Crippen LogP) is 1.32. The maximum Gasteiger partial charge on any atom is 0.327 e. The highest BCUT2D eigenvalue weighted by Gasteiger charge is 2.63. The number of carbonyl (C=O) groups excluding carboxylic acids is 1. The van der Waals surface area contributed by atoms with E-state index in [1.54, 1.807) is 11.8 Å². The fourth-order valence-electron chi connectivity index (χ4n) is 3.97. The number of aliphatic carboxylic acids is 1. The van der Waals surface area contributed by atoms with Gasteiger partial charge in [0.1, 0.15) is 11.4 Å². The number of carbonyl (C=O) groups is 2. The van der Waals surface area contributed by atoms with Crippen molar-refractivity contribution < 1.29 is 14.7 Å². The Balaban J connectivity index is 1.46. The molecule has 0 spiro atoms. The molecule has 7 nitrogen and oxygen atoms in total. The third-order valence-electron chi connectivity index (χ3n) is 5.53. The van der Waals surface area contributed by atoms with Crippen LogP contribution < -0.4 is 5.73 Å². The van der Waals surface area contributed by atoms with Gasteiger partial charge in [0.2, 0.25) is 0 Å². The lowest BCUT2D eigenvalue weighted by atomic mass is 9.96. The Hall–Kier alpha value is -0.930. The monoisotopic (exact) mass is 414 g/mol. The van der Waals surface area contributed by atoms with Gasteiger partial charge in [0.15, 0.2) is 6.04 Å². The highest BCUT2D eigenvalue weighted by atomic mass is 32.2. The van der Waals surface area contributed by atoms with Crippen molar-refractivity contribution in [1.82, 2.24) is 9.80 Å². The van der Waals surface area contributed by atoms with Crippen molar-refractivity contribution in [3.05, 3.63) is 0 Å². The van der Waals surface area contributed by atoms with Crippen molar-refractivity contribution in [2.24, 2.45) is 16.6 Å². The van der Waals surface area contributed by atoms with Crippen LogP contribution in [0, 0.1) is 5.92 Å². The highest BCUT2D eigenvalue weighted by molar-refractivity contribution is 8.01. The maximum absolute atomic E-state index is 12.4. The fraction of sp³-hybridized carbons (Fsp3) is 0.833. The van der Waals surface area contributed by atoms with Crippen molar-refractivity contribution in [2.45, 2.75) is 55.3 Å². The summed E-state index contributed by atoms with van der Waals surface area (Å²) in [5.41, 5.74) is 5.53. The Morgan fingerprint density at radius 2 is 2.15 bits per heavy atom. The van der Waals surface area contributed by atoms with Crippen LogP contribution in [0.25, 0.3) is 0 Å². The van der Waals surface area contributed by atoms with Crippen LogP contribution in [-0.2, 0) is 9.59 Å². The summed E-state index contributed by atoms with van der Waals surface area (Å²) in [6, 6.07) is -1.21. The maximum atomic E-state index is 12.4.